The summed E-state index contributed by atoms with van der Waals surface area (Å²) < 4.78 is 26.1. The molecule has 1 saturated heterocycles. The van der Waals surface area contributed by atoms with Gasteiger partial charge in [-0.3, -0.25) is 0 Å². The van der Waals surface area contributed by atoms with Gasteiger partial charge in [-0.2, -0.15) is 0 Å². The van der Waals surface area contributed by atoms with Crippen LogP contribution in [0.1, 0.15) is 6.42 Å². The molecular formula is C4H9F2NSi. The van der Waals surface area contributed by atoms with E-state index in [1.807, 2.05) is 0 Å². The van der Waals surface area contributed by atoms with Gasteiger partial charge in [0.15, 0.2) is 0 Å². The van der Waals surface area contributed by atoms with E-state index < -0.39 is 5.92 Å². The Hall–Kier alpha value is 0.0369. The van der Waals surface area contributed by atoms with Gasteiger partial charge >= 0.3 is 0 Å². The fourth-order valence-electron chi connectivity index (χ4n) is 0.907. The fraction of sp³-hybridized carbons (Fsp3) is 1.00. The molecule has 0 radical (unpaired) electrons. The third kappa shape index (κ3) is 1.26. The van der Waals surface area contributed by atoms with Gasteiger partial charge in [0.2, 0.25) is 0 Å². The molecule has 1 aliphatic rings. The van der Waals surface area contributed by atoms with Crippen molar-refractivity contribution in [3.8, 4) is 0 Å². The van der Waals surface area contributed by atoms with Crippen LogP contribution >= 0.6 is 0 Å². The number of alkyl halides is 2. The molecule has 0 N–H and O–H groups in total. The Balaban J connectivity index is 2.44. The second-order valence-electron chi connectivity index (χ2n) is 2.34. The van der Waals surface area contributed by atoms with Crippen molar-refractivity contribution in [1.82, 2.24) is 4.57 Å². The van der Waals surface area contributed by atoms with Crippen molar-refractivity contribution >= 4 is 10.4 Å². The fourth-order valence-corrected chi connectivity index (χ4v) is 1.59. The molecule has 1 nitrogen and oxygen atoms in total. The maximum absolute atomic E-state index is 12.2. The van der Waals surface area contributed by atoms with Crippen LogP contribution in [0.25, 0.3) is 0 Å². The molecule has 0 aromatic heterocycles. The second kappa shape index (κ2) is 1.77. The zero-order valence-electron chi connectivity index (χ0n) is 4.82. The van der Waals surface area contributed by atoms with Crippen molar-refractivity contribution in [3.05, 3.63) is 0 Å². The van der Waals surface area contributed by atoms with Crippen LogP contribution in [0.2, 0.25) is 0 Å². The van der Waals surface area contributed by atoms with E-state index in [4.69, 9.17) is 0 Å². The lowest BCUT2D eigenvalue weighted by Gasteiger charge is -2.07. The summed E-state index contributed by atoms with van der Waals surface area (Å²) in [6.07, 6.45) is 0.0660. The van der Waals surface area contributed by atoms with E-state index in [1.54, 1.807) is 4.57 Å². The SMILES string of the molecule is FC1(F)CCN([SiH3])C1. The lowest BCUT2D eigenvalue weighted by atomic mass is 10.3. The predicted octanol–water partition coefficient (Wildman–Crippen LogP) is -0.392. The van der Waals surface area contributed by atoms with E-state index in [9.17, 15) is 8.78 Å². The molecule has 0 aromatic carbocycles. The first-order valence-electron chi connectivity index (χ1n) is 2.66. The number of hydrogen-bond acceptors (Lipinski definition) is 1. The maximum Gasteiger partial charge on any atom is 0.261 e. The molecule has 1 heterocycles. The van der Waals surface area contributed by atoms with Crippen LogP contribution in [-0.4, -0.2) is 34.0 Å². The highest BCUT2D eigenvalue weighted by Crippen LogP contribution is 2.24. The highest BCUT2D eigenvalue weighted by atomic mass is 28.2. The molecule has 0 amide bonds. The van der Waals surface area contributed by atoms with Crippen LogP contribution in [0, 0.1) is 0 Å². The van der Waals surface area contributed by atoms with Crippen LogP contribution < -0.4 is 0 Å². The summed E-state index contributed by atoms with van der Waals surface area (Å²) in [5, 5.41) is 0. The highest BCUT2D eigenvalue weighted by molar-refractivity contribution is 6.04. The normalized spacial score (nSPS) is 29.2. The van der Waals surface area contributed by atoms with Crippen LogP contribution in [0.4, 0.5) is 8.78 Å². The van der Waals surface area contributed by atoms with Gasteiger partial charge in [-0.25, -0.2) is 8.78 Å². The lowest BCUT2D eigenvalue weighted by Crippen LogP contribution is -2.22. The van der Waals surface area contributed by atoms with Crippen LogP contribution in [0.15, 0.2) is 0 Å². The summed E-state index contributed by atoms with van der Waals surface area (Å²) in [5.41, 5.74) is 0. The molecule has 8 heavy (non-hydrogen) atoms. The molecule has 0 saturated carbocycles. The van der Waals surface area contributed by atoms with E-state index in [1.165, 1.54) is 0 Å². The maximum atomic E-state index is 12.2. The Morgan fingerprint density at radius 2 is 2.12 bits per heavy atom. The molecule has 0 spiro atoms. The van der Waals surface area contributed by atoms with Crippen molar-refractivity contribution in [2.45, 2.75) is 12.3 Å². The van der Waals surface area contributed by atoms with E-state index in [0.717, 1.165) is 10.4 Å². The monoisotopic (exact) mass is 137 g/mol. The number of rotatable bonds is 0. The zero-order chi connectivity index (χ0) is 6.20. The largest absolute Gasteiger partial charge is 0.327 e. The van der Waals surface area contributed by atoms with Gasteiger partial charge in [-0.05, 0) is 6.54 Å². The molecule has 0 unspecified atom stereocenters. The Morgan fingerprint density at radius 3 is 2.25 bits per heavy atom. The molecule has 0 aromatic rings. The third-order valence-corrected chi connectivity index (χ3v) is 2.12. The van der Waals surface area contributed by atoms with Crippen molar-refractivity contribution in [2.75, 3.05) is 13.1 Å². The van der Waals surface area contributed by atoms with E-state index >= 15 is 0 Å². The summed E-state index contributed by atoms with van der Waals surface area (Å²) in [7, 11) is 0.777. The van der Waals surface area contributed by atoms with Crippen LogP contribution in [0.5, 0.6) is 0 Å². The van der Waals surface area contributed by atoms with Gasteiger partial charge in [-0.15, -0.1) is 0 Å². The van der Waals surface area contributed by atoms with Gasteiger partial charge in [0.1, 0.15) is 0 Å². The van der Waals surface area contributed by atoms with Gasteiger partial charge < -0.3 is 4.57 Å². The first-order valence-corrected chi connectivity index (χ1v) is 3.56. The molecule has 0 aliphatic carbocycles. The first kappa shape index (κ1) is 6.16. The highest BCUT2D eigenvalue weighted by Gasteiger charge is 2.35. The Labute approximate surface area is 50.2 Å². The van der Waals surface area contributed by atoms with E-state index in [0.29, 0.717) is 6.54 Å². The minimum Gasteiger partial charge on any atom is -0.327 e. The lowest BCUT2D eigenvalue weighted by molar-refractivity contribution is 0.0185. The van der Waals surface area contributed by atoms with Crippen LogP contribution in [-0.2, 0) is 0 Å². The molecular weight excluding hydrogens is 128 g/mol. The minimum atomic E-state index is -2.37. The van der Waals surface area contributed by atoms with Gasteiger partial charge in [0.05, 0.1) is 16.9 Å². The van der Waals surface area contributed by atoms with E-state index in [-0.39, 0.29) is 13.0 Å². The molecule has 1 fully saturated rings. The van der Waals surface area contributed by atoms with Gasteiger partial charge in [0.25, 0.3) is 5.92 Å². The summed E-state index contributed by atoms with van der Waals surface area (Å²) in [5.74, 6) is -2.37. The average Bonchev–Trinajstić information content (AvgIpc) is 1.82. The second-order valence-corrected chi connectivity index (χ2v) is 3.61. The third-order valence-electron chi connectivity index (χ3n) is 1.36. The van der Waals surface area contributed by atoms with Crippen molar-refractivity contribution < 1.29 is 8.78 Å². The molecule has 4 heteroatoms. The average molecular weight is 137 g/mol. The molecule has 48 valence electrons. The molecule has 1 aliphatic heterocycles. The Bertz CT molecular complexity index is 96.0. The van der Waals surface area contributed by atoms with Gasteiger partial charge in [-0.1, -0.05) is 0 Å². The van der Waals surface area contributed by atoms with Crippen molar-refractivity contribution in [2.24, 2.45) is 0 Å². The predicted molar refractivity (Wildman–Crippen MR) is 31.1 cm³/mol. The summed E-state index contributed by atoms with van der Waals surface area (Å²) in [6.45, 7) is 0.596. The van der Waals surface area contributed by atoms with Gasteiger partial charge in [0, 0.05) is 6.42 Å². The zero-order valence-corrected chi connectivity index (χ0v) is 6.82. The van der Waals surface area contributed by atoms with E-state index in [2.05, 4.69) is 0 Å². The first-order chi connectivity index (χ1) is 3.60. The summed E-state index contributed by atoms with van der Waals surface area (Å²) in [6, 6.07) is 0. The smallest absolute Gasteiger partial charge is 0.261 e. The van der Waals surface area contributed by atoms with Crippen molar-refractivity contribution in [1.29, 1.82) is 0 Å². The Morgan fingerprint density at radius 1 is 1.50 bits per heavy atom. The number of hydrogen-bond donors (Lipinski definition) is 0. The molecule has 1 rings (SSSR count). The topological polar surface area (TPSA) is 3.24 Å². The van der Waals surface area contributed by atoms with Crippen molar-refractivity contribution in [3.63, 3.8) is 0 Å². The quantitative estimate of drug-likeness (QED) is 0.411. The summed E-state index contributed by atoms with van der Waals surface area (Å²) >= 11 is 0. The molecule has 0 atom stereocenters. The number of halogens is 2. The number of nitrogens with zero attached hydrogens (tertiary/aromatic N) is 1. The minimum absolute atomic E-state index is 0.000772. The van der Waals surface area contributed by atoms with Crippen LogP contribution in [0.3, 0.4) is 0 Å². The standard InChI is InChI=1S/C4H9F2NSi/c5-4(6)1-2-7(8)3-4/h1-3H2,8H3. The summed E-state index contributed by atoms with van der Waals surface area (Å²) in [4.78, 5) is 0. The molecule has 0 bridgehead atoms. The Kier molecular flexibility index (Phi) is 1.36.